The number of piperidine rings is 1. The van der Waals surface area contributed by atoms with Gasteiger partial charge in [-0.25, -0.2) is 0 Å². The molecule has 1 heterocycles. The van der Waals surface area contributed by atoms with Gasteiger partial charge < -0.3 is 15.0 Å². The number of carbonyl (C=O) groups is 2. The molecule has 4 aliphatic carbocycles. The summed E-state index contributed by atoms with van der Waals surface area (Å²) in [5.74, 6) is 3.30. The summed E-state index contributed by atoms with van der Waals surface area (Å²) in [6, 6.07) is 7.11. The van der Waals surface area contributed by atoms with E-state index >= 15 is 0 Å². The quantitative estimate of drug-likeness (QED) is 0.766. The van der Waals surface area contributed by atoms with Crippen LogP contribution >= 0.6 is 11.6 Å². The maximum absolute atomic E-state index is 13.5. The number of nitrogens with one attached hydrogen (secondary N) is 1. The fourth-order valence-electron chi connectivity index (χ4n) is 6.88. The summed E-state index contributed by atoms with van der Waals surface area (Å²) in [5.41, 5.74) is -0.0583. The molecule has 6 rings (SSSR count). The zero-order valence-electron chi connectivity index (χ0n) is 17.4. The van der Waals surface area contributed by atoms with Crippen molar-refractivity contribution in [2.75, 3.05) is 19.7 Å². The summed E-state index contributed by atoms with van der Waals surface area (Å²) in [7, 11) is 0. The maximum Gasteiger partial charge on any atom is 0.258 e. The Bertz CT molecular complexity index is 766. The molecule has 0 unspecified atom stereocenters. The largest absolute Gasteiger partial charge is 0.484 e. The molecule has 162 valence electrons. The van der Waals surface area contributed by atoms with Gasteiger partial charge in [0.05, 0.1) is 5.41 Å². The van der Waals surface area contributed by atoms with E-state index in [1.807, 2.05) is 0 Å². The molecule has 30 heavy (non-hydrogen) atoms. The summed E-state index contributed by atoms with van der Waals surface area (Å²) in [4.78, 5) is 27.8. The number of benzene rings is 1. The van der Waals surface area contributed by atoms with Gasteiger partial charge in [0.2, 0.25) is 5.91 Å². The van der Waals surface area contributed by atoms with E-state index in [0.717, 1.165) is 62.9 Å². The lowest BCUT2D eigenvalue weighted by atomic mass is 9.49. The molecule has 1 N–H and O–H groups in total. The molecule has 1 aliphatic heterocycles. The number of likely N-dealkylation sites (tertiary alicyclic amines) is 1. The highest BCUT2D eigenvalue weighted by Gasteiger charge is 2.55. The van der Waals surface area contributed by atoms with Crippen molar-refractivity contribution in [1.82, 2.24) is 10.2 Å². The Hall–Kier alpha value is -1.75. The Morgan fingerprint density at radius 1 is 1.00 bits per heavy atom. The molecule has 5 nitrogen and oxygen atoms in total. The molecule has 0 aromatic heterocycles. The summed E-state index contributed by atoms with van der Waals surface area (Å²) in [6.45, 7) is 1.50. The van der Waals surface area contributed by atoms with E-state index in [1.165, 1.54) is 19.3 Å². The Balaban J connectivity index is 1.09. The van der Waals surface area contributed by atoms with Gasteiger partial charge in [-0.15, -0.1) is 0 Å². The second-order valence-electron chi connectivity index (χ2n) is 10.1. The van der Waals surface area contributed by atoms with E-state index in [4.69, 9.17) is 16.3 Å². The van der Waals surface area contributed by atoms with E-state index in [1.54, 1.807) is 24.3 Å². The van der Waals surface area contributed by atoms with Crippen LogP contribution in [0.25, 0.3) is 0 Å². The maximum atomic E-state index is 13.5. The number of nitrogens with zero attached hydrogens (tertiary/aromatic N) is 1. The van der Waals surface area contributed by atoms with Crippen molar-refractivity contribution in [3.05, 3.63) is 29.3 Å². The molecule has 4 bridgehead atoms. The lowest BCUT2D eigenvalue weighted by molar-refractivity contribution is -0.158. The average Bonchev–Trinajstić information content (AvgIpc) is 2.72. The lowest BCUT2D eigenvalue weighted by Crippen LogP contribution is -2.57. The zero-order valence-corrected chi connectivity index (χ0v) is 18.2. The van der Waals surface area contributed by atoms with Gasteiger partial charge in [0.25, 0.3) is 5.91 Å². The highest BCUT2D eigenvalue weighted by atomic mass is 35.5. The van der Waals surface area contributed by atoms with Gasteiger partial charge in [0.15, 0.2) is 6.61 Å². The summed E-state index contributed by atoms with van der Waals surface area (Å²) >= 11 is 5.86. The molecule has 5 fully saturated rings. The highest BCUT2D eigenvalue weighted by Crippen LogP contribution is 2.60. The van der Waals surface area contributed by atoms with E-state index < -0.39 is 0 Å². The van der Waals surface area contributed by atoms with Gasteiger partial charge in [0.1, 0.15) is 5.75 Å². The summed E-state index contributed by atoms with van der Waals surface area (Å²) in [6.07, 6.45) is 9.09. The first-order chi connectivity index (χ1) is 14.5. The lowest BCUT2D eigenvalue weighted by Gasteiger charge is -2.57. The fraction of sp³-hybridized carbons (Fsp3) is 0.667. The minimum atomic E-state index is -0.115. The topological polar surface area (TPSA) is 58.6 Å². The minimum Gasteiger partial charge on any atom is -0.484 e. The third kappa shape index (κ3) is 4.05. The van der Waals surface area contributed by atoms with Gasteiger partial charge >= 0.3 is 0 Å². The van der Waals surface area contributed by atoms with Gasteiger partial charge in [-0.05, 0) is 93.4 Å². The van der Waals surface area contributed by atoms with Gasteiger partial charge in [0, 0.05) is 24.2 Å². The number of ether oxygens (including phenoxy) is 1. The van der Waals surface area contributed by atoms with Crippen LogP contribution in [-0.2, 0) is 9.59 Å². The number of hydrogen-bond acceptors (Lipinski definition) is 3. The van der Waals surface area contributed by atoms with Crippen LogP contribution in [0.4, 0.5) is 0 Å². The first-order valence-corrected chi connectivity index (χ1v) is 11.8. The molecule has 1 saturated heterocycles. The van der Waals surface area contributed by atoms with Crippen LogP contribution in [-0.4, -0.2) is 42.5 Å². The van der Waals surface area contributed by atoms with Crippen molar-refractivity contribution < 1.29 is 14.3 Å². The second-order valence-corrected chi connectivity index (χ2v) is 10.5. The SMILES string of the molecule is O=C(COc1ccc(Cl)cc1)NC1CCN(C(=O)C23CC4CC(CC(C4)C2)C3)CC1. The molecule has 1 aromatic carbocycles. The monoisotopic (exact) mass is 430 g/mol. The Morgan fingerprint density at radius 3 is 2.13 bits per heavy atom. The molecule has 2 amide bonds. The van der Waals surface area contributed by atoms with Crippen molar-refractivity contribution in [3.63, 3.8) is 0 Å². The van der Waals surface area contributed by atoms with Gasteiger partial charge in [-0.3, -0.25) is 9.59 Å². The molecule has 6 heteroatoms. The number of halogens is 1. The van der Waals surface area contributed by atoms with Crippen LogP contribution in [0.2, 0.25) is 5.02 Å². The zero-order chi connectivity index (χ0) is 20.7. The molecule has 0 radical (unpaired) electrons. The van der Waals surface area contributed by atoms with Crippen molar-refractivity contribution >= 4 is 23.4 Å². The molecular weight excluding hydrogens is 400 g/mol. The van der Waals surface area contributed by atoms with Crippen LogP contribution in [0, 0.1) is 23.2 Å². The number of hydrogen-bond donors (Lipinski definition) is 1. The first-order valence-electron chi connectivity index (χ1n) is 11.5. The van der Waals surface area contributed by atoms with Crippen molar-refractivity contribution in [2.45, 2.75) is 57.4 Å². The third-order valence-electron chi connectivity index (χ3n) is 7.82. The fourth-order valence-corrected chi connectivity index (χ4v) is 7.01. The molecule has 0 spiro atoms. The number of rotatable bonds is 5. The Labute approximate surface area is 183 Å². The predicted octanol–water partition coefficient (Wildman–Crippen LogP) is 4.04. The van der Waals surface area contributed by atoms with Crippen LogP contribution in [0.5, 0.6) is 5.75 Å². The summed E-state index contributed by atoms with van der Waals surface area (Å²) < 4.78 is 5.53. The van der Waals surface area contributed by atoms with Crippen molar-refractivity contribution in [2.24, 2.45) is 23.2 Å². The molecular formula is C24H31ClN2O3. The normalized spacial score (nSPS) is 32.8. The van der Waals surface area contributed by atoms with Crippen molar-refractivity contribution in [1.29, 1.82) is 0 Å². The van der Waals surface area contributed by atoms with Crippen molar-refractivity contribution in [3.8, 4) is 5.75 Å². The number of carbonyl (C=O) groups excluding carboxylic acids is 2. The first kappa shape index (κ1) is 20.2. The number of amides is 2. The molecule has 5 aliphatic rings. The van der Waals surface area contributed by atoms with E-state index in [0.29, 0.717) is 16.7 Å². The minimum absolute atomic E-state index is 0.00590. The molecule has 4 saturated carbocycles. The third-order valence-corrected chi connectivity index (χ3v) is 8.07. The van der Waals surface area contributed by atoms with Gasteiger partial charge in [-0.1, -0.05) is 11.6 Å². The van der Waals surface area contributed by atoms with Crippen LogP contribution in [0.15, 0.2) is 24.3 Å². The average molecular weight is 431 g/mol. The smallest absolute Gasteiger partial charge is 0.258 e. The second kappa shape index (κ2) is 8.07. The van der Waals surface area contributed by atoms with E-state index in [2.05, 4.69) is 10.2 Å². The van der Waals surface area contributed by atoms with E-state index in [-0.39, 0.29) is 24.0 Å². The summed E-state index contributed by atoms with van der Waals surface area (Å²) in [5, 5.41) is 3.71. The van der Waals surface area contributed by atoms with Crippen LogP contribution < -0.4 is 10.1 Å². The highest BCUT2D eigenvalue weighted by molar-refractivity contribution is 6.30. The standard InChI is InChI=1S/C24H31ClN2O3/c25-19-1-3-21(4-2-19)30-15-22(28)26-20-5-7-27(8-6-20)23(29)24-12-16-9-17(13-24)11-18(10-16)14-24/h1-4,16-18,20H,5-15H2,(H,26,28). The van der Waals surface area contributed by atoms with Gasteiger partial charge in [-0.2, -0.15) is 0 Å². The van der Waals surface area contributed by atoms with Crippen LogP contribution in [0.3, 0.4) is 0 Å². The Morgan fingerprint density at radius 2 is 1.57 bits per heavy atom. The Kier molecular flexibility index (Phi) is 5.42. The predicted molar refractivity (Wildman–Crippen MR) is 115 cm³/mol. The van der Waals surface area contributed by atoms with E-state index in [9.17, 15) is 9.59 Å². The van der Waals surface area contributed by atoms with Crippen LogP contribution in [0.1, 0.15) is 51.4 Å². The molecule has 1 aromatic rings. The molecule has 0 atom stereocenters.